The van der Waals surface area contributed by atoms with E-state index in [0.29, 0.717) is 6.42 Å². The largest absolute Gasteiger partial charge is 0.368 e. The molecular weight excluding hydrogens is 302 g/mol. The Bertz CT molecular complexity index is 505. The molecule has 1 aromatic rings. The summed E-state index contributed by atoms with van der Waals surface area (Å²) in [5.41, 5.74) is 2.48. The summed E-state index contributed by atoms with van der Waals surface area (Å²) in [4.78, 5) is 2.36. The molecule has 3 nitrogen and oxygen atoms in total. The van der Waals surface area contributed by atoms with E-state index in [1.807, 2.05) is 0 Å². The lowest BCUT2D eigenvalue weighted by molar-refractivity contribution is 0.291. The molecule has 1 heterocycles. The number of hydrogen-bond acceptors (Lipinski definition) is 3. The van der Waals surface area contributed by atoms with Gasteiger partial charge in [-0.15, -0.1) is 0 Å². The number of nitrogens with zero attached hydrogens (tertiary/aromatic N) is 2. The summed E-state index contributed by atoms with van der Waals surface area (Å²) in [5, 5.41) is 12.5. The quantitative estimate of drug-likeness (QED) is 0.909. The molecule has 1 unspecified atom stereocenters. The monoisotopic (exact) mass is 321 g/mol. The van der Waals surface area contributed by atoms with Crippen molar-refractivity contribution in [2.45, 2.75) is 38.8 Å². The third kappa shape index (κ3) is 3.49. The minimum absolute atomic E-state index is 0.0249. The zero-order chi connectivity index (χ0) is 14.0. The molecule has 1 fully saturated rings. The maximum atomic E-state index is 8.91. The molecule has 0 radical (unpaired) electrons. The normalized spacial score (nSPS) is 22.1. The van der Waals surface area contributed by atoms with Gasteiger partial charge in [0, 0.05) is 34.8 Å². The van der Waals surface area contributed by atoms with Gasteiger partial charge in [0.25, 0.3) is 0 Å². The van der Waals surface area contributed by atoms with Crippen LogP contribution in [0.1, 0.15) is 25.8 Å². The number of hydrogen-bond donors (Lipinski definition) is 1. The van der Waals surface area contributed by atoms with E-state index in [0.717, 1.165) is 17.6 Å². The standard InChI is InChI=1S/C15H20BrN3/c1-11-4-5-13(8-14(11)16)19-9-12(6-7-17)18-15(2,3)10-19/h4-5,8,12,18H,6,9-10H2,1-3H3. The number of nitriles is 1. The van der Waals surface area contributed by atoms with Crippen LogP contribution in [0.3, 0.4) is 0 Å². The SMILES string of the molecule is Cc1ccc(N2CC(CC#N)NC(C)(C)C2)cc1Br. The van der Waals surface area contributed by atoms with Crippen LogP contribution in [0, 0.1) is 18.3 Å². The molecule has 0 amide bonds. The Kier molecular flexibility index (Phi) is 4.17. The molecule has 0 aromatic heterocycles. The van der Waals surface area contributed by atoms with E-state index in [-0.39, 0.29) is 11.6 Å². The van der Waals surface area contributed by atoms with Crippen LogP contribution in [0.15, 0.2) is 22.7 Å². The first-order valence-corrected chi connectivity index (χ1v) is 7.36. The molecule has 1 aromatic carbocycles. The molecule has 4 heteroatoms. The summed E-state index contributed by atoms with van der Waals surface area (Å²) < 4.78 is 1.14. The van der Waals surface area contributed by atoms with E-state index in [1.54, 1.807) is 0 Å². The van der Waals surface area contributed by atoms with Crippen LogP contribution in [-0.2, 0) is 0 Å². The first kappa shape index (κ1) is 14.4. The van der Waals surface area contributed by atoms with Crippen molar-refractivity contribution in [3.05, 3.63) is 28.2 Å². The maximum absolute atomic E-state index is 8.91. The second-order valence-electron chi connectivity index (χ2n) is 5.90. The lowest BCUT2D eigenvalue weighted by Crippen LogP contribution is -2.62. The number of halogens is 1. The van der Waals surface area contributed by atoms with Crippen LogP contribution >= 0.6 is 15.9 Å². The van der Waals surface area contributed by atoms with Crippen molar-refractivity contribution in [3.63, 3.8) is 0 Å². The molecule has 2 rings (SSSR count). The van der Waals surface area contributed by atoms with Crippen molar-refractivity contribution in [2.24, 2.45) is 0 Å². The first-order valence-electron chi connectivity index (χ1n) is 6.57. The third-order valence-electron chi connectivity index (χ3n) is 3.48. The van der Waals surface area contributed by atoms with Crippen molar-refractivity contribution >= 4 is 21.6 Å². The molecule has 1 saturated heterocycles. The number of nitrogens with one attached hydrogen (secondary N) is 1. The fourth-order valence-corrected chi connectivity index (χ4v) is 3.02. The maximum Gasteiger partial charge on any atom is 0.0638 e. The highest BCUT2D eigenvalue weighted by Gasteiger charge is 2.31. The van der Waals surface area contributed by atoms with E-state index in [2.05, 4.69) is 71.2 Å². The summed E-state index contributed by atoms with van der Waals surface area (Å²) >= 11 is 3.59. The molecule has 19 heavy (non-hydrogen) atoms. The smallest absolute Gasteiger partial charge is 0.0638 e. The molecule has 1 atom stereocenters. The predicted octanol–water partition coefficient (Wildman–Crippen LogP) is 3.23. The van der Waals surface area contributed by atoms with Gasteiger partial charge in [-0.1, -0.05) is 22.0 Å². The van der Waals surface area contributed by atoms with Crippen LogP contribution in [0.2, 0.25) is 0 Å². The Morgan fingerprint density at radius 2 is 2.26 bits per heavy atom. The lowest BCUT2D eigenvalue weighted by atomic mass is 9.96. The zero-order valence-corrected chi connectivity index (χ0v) is 13.3. The van der Waals surface area contributed by atoms with E-state index in [1.165, 1.54) is 11.3 Å². The third-order valence-corrected chi connectivity index (χ3v) is 4.33. The van der Waals surface area contributed by atoms with Gasteiger partial charge in [0.05, 0.1) is 12.5 Å². The van der Waals surface area contributed by atoms with Gasteiger partial charge in [-0.2, -0.15) is 5.26 Å². The van der Waals surface area contributed by atoms with Gasteiger partial charge in [-0.3, -0.25) is 0 Å². The van der Waals surface area contributed by atoms with E-state index in [9.17, 15) is 0 Å². The van der Waals surface area contributed by atoms with E-state index in [4.69, 9.17) is 5.26 Å². The fraction of sp³-hybridized carbons (Fsp3) is 0.533. The minimum Gasteiger partial charge on any atom is -0.368 e. The summed E-state index contributed by atoms with van der Waals surface area (Å²) in [6, 6.07) is 8.96. The van der Waals surface area contributed by atoms with Crippen molar-refractivity contribution in [3.8, 4) is 6.07 Å². The second kappa shape index (κ2) is 5.52. The molecule has 1 aliphatic rings. The highest BCUT2D eigenvalue weighted by molar-refractivity contribution is 9.10. The van der Waals surface area contributed by atoms with Gasteiger partial charge < -0.3 is 10.2 Å². The van der Waals surface area contributed by atoms with Crippen LogP contribution in [0.5, 0.6) is 0 Å². The minimum atomic E-state index is 0.0249. The van der Waals surface area contributed by atoms with Crippen LogP contribution in [-0.4, -0.2) is 24.7 Å². The molecule has 1 aliphatic heterocycles. The number of piperazine rings is 1. The van der Waals surface area contributed by atoms with Gasteiger partial charge in [-0.05, 0) is 38.5 Å². The number of anilines is 1. The van der Waals surface area contributed by atoms with E-state index < -0.39 is 0 Å². The Hall–Kier alpha value is -1.05. The molecule has 0 spiro atoms. The highest BCUT2D eigenvalue weighted by Crippen LogP contribution is 2.27. The number of benzene rings is 1. The summed E-state index contributed by atoms with van der Waals surface area (Å²) in [6.45, 7) is 8.30. The van der Waals surface area contributed by atoms with Gasteiger partial charge in [-0.25, -0.2) is 0 Å². The Balaban J connectivity index is 2.23. The number of aryl methyl sites for hydroxylation is 1. The van der Waals surface area contributed by atoms with Gasteiger partial charge in [0.1, 0.15) is 0 Å². The van der Waals surface area contributed by atoms with Crippen molar-refractivity contribution in [1.29, 1.82) is 5.26 Å². The van der Waals surface area contributed by atoms with Crippen LogP contribution < -0.4 is 10.2 Å². The molecule has 102 valence electrons. The fourth-order valence-electron chi connectivity index (χ4n) is 2.65. The average Bonchev–Trinajstić information content (AvgIpc) is 2.31. The Labute approximate surface area is 123 Å². The Morgan fingerprint density at radius 3 is 2.89 bits per heavy atom. The van der Waals surface area contributed by atoms with Gasteiger partial charge in [0.2, 0.25) is 0 Å². The molecule has 1 N–H and O–H groups in total. The first-order chi connectivity index (χ1) is 8.91. The summed E-state index contributed by atoms with van der Waals surface area (Å²) in [5.74, 6) is 0. The molecule has 0 saturated carbocycles. The van der Waals surface area contributed by atoms with Crippen molar-refractivity contribution in [2.75, 3.05) is 18.0 Å². The second-order valence-corrected chi connectivity index (χ2v) is 6.76. The molecule has 0 aliphatic carbocycles. The van der Waals surface area contributed by atoms with Crippen molar-refractivity contribution < 1.29 is 0 Å². The predicted molar refractivity (Wildman–Crippen MR) is 82.3 cm³/mol. The molecular formula is C15H20BrN3. The van der Waals surface area contributed by atoms with Gasteiger partial charge >= 0.3 is 0 Å². The zero-order valence-electron chi connectivity index (χ0n) is 11.7. The Morgan fingerprint density at radius 1 is 1.53 bits per heavy atom. The summed E-state index contributed by atoms with van der Waals surface area (Å²) in [6.07, 6.45) is 0.549. The highest BCUT2D eigenvalue weighted by atomic mass is 79.9. The average molecular weight is 322 g/mol. The summed E-state index contributed by atoms with van der Waals surface area (Å²) in [7, 11) is 0. The number of rotatable bonds is 2. The topological polar surface area (TPSA) is 39.1 Å². The van der Waals surface area contributed by atoms with E-state index >= 15 is 0 Å². The van der Waals surface area contributed by atoms with Crippen molar-refractivity contribution in [1.82, 2.24) is 5.32 Å². The van der Waals surface area contributed by atoms with Gasteiger partial charge in [0.15, 0.2) is 0 Å². The van der Waals surface area contributed by atoms with Crippen LogP contribution in [0.25, 0.3) is 0 Å². The molecule has 0 bridgehead atoms. The lowest BCUT2D eigenvalue weighted by Gasteiger charge is -2.44. The van der Waals surface area contributed by atoms with Crippen LogP contribution in [0.4, 0.5) is 5.69 Å².